The van der Waals surface area contributed by atoms with Gasteiger partial charge in [-0.2, -0.15) is 0 Å². The van der Waals surface area contributed by atoms with Crippen LogP contribution in [0.2, 0.25) is 0 Å². The molecule has 7 N–H and O–H groups in total. The van der Waals surface area contributed by atoms with E-state index in [0.29, 0.717) is 48.8 Å². The van der Waals surface area contributed by atoms with Crippen LogP contribution in [0.3, 0.4) is 0 Å². The normalized spacial score (nSPS) is 31.3. The molecular weight excluding hydrogens is 504 g/mol. The summed E-state index contributed by atoms with van der Waals surface area (Å²) in [6.07, 6.45) is 1.59. The fourth-order valence-corrected chi connectivity index (χ4v) is 7.75. The number of fused-ring (bicyclic) bond motifs is 6. The van der Waals surface area contributed by atoms with Crippen molar-refractivity contribution in [3.63, 3.8) is 0 Å². The second kappa shape index (κ2) is 8.99. The second-order valence-electron chi connectivity index (χ2n) is 11.3. The lowest BCUT2D eigenvalue weighted by Gasteiger charge is -2.47. The fraction of sp³-hybridized carbons (Fsp3) is 0.536. The topological polar surface area (TPSA) is 174 Å². The predicted molar refractivity (Wildman–Crippen MR) is 141 cm³/mol. The van der Waals surface area contributed by atoms with E-state index in [1.54, 1.807) is 19.1 Å². The van der Waals surface area contributed by atoms with E-state index in [4.69, 9.17) is 10.5 Å². The summed E-state index contributed by atoms with van der Waals surface area (Å²) < 4.78 is 5.92. The number of methoxy groups -OCH3 is 1. The summed E-state index contributed by atoms with van der Waals surface area (Å²) in [7, 11) is 3.31. The number of nitrogens with zero attached hydrogens (tertiary/aromatic N) is 1. The molecule has 3 unspecified atom stereocenters. The van der Waals surface area contributed by atoms with Gasteiger partial charge in [0.15, 0.2) is 17.3 Å². The molecule has 1 aromatic carbocycles. The monoisotopic (exact) mass is 538 g/mol. The number of nitrogens with one attached hydrogen (secondary N) is 2. The number of phenols is 1. The number of aliphatic hydroxyl groups excluding tert-OH is 2. The first kappa shape index (κ1) is 25.7. The van der Waals surface area contributed by atoms with Crippen molar-refractivity contribution in [1.29, 1.82) is 0 Å². The average molecular weight is 539 g/mol. The van der Waals surface area contributed by atoms with Gasteiger partial charge in [0, 0.05) is 29.3 Å². The number of aliphatic hydroxyl groups is 2. The van der Waals surface area contributed by atoms with Crippen molar-refractivity contribution in [2.24, 2.45) is 29.4 Å². The number of hydrogen-bond acceptors (Lipinski definition) is 10. The zero-order valence-electron chi connectivity index (χ0n) is 22.2. The van der Waals surface area contributed by atoms with Crippen LogP contribution in [0.1, 0.15) is 42.5 Å². The highest BCUT2D eigenvalue weighted by Gasteiger charge is 2.56. The van der Waals surface area contributed by atoms with E-state index in [2.05, 4.69) is 10.6 Å². The van der Waals surface area contributed by atoms with Crippen LogP contribution in [0.25, 0.3) is 5.76 Å². The van der Waals surface area contributed by atoms with Gasteiger partial charge in [0.1, 0.15) is 22.8 Å². The third-order valence-corrected chi connectivity index (χ3v) is 9.54. The summed E-state index contributed by atoms with van der Waals surface area (Å²) in [6, 6.07) is -0.772. The maximum Gasteiger partial charge on any atom is 0.255 e. The number of nitrogens with two attached hydrogens (primary N) is 1. The molecule has 2 heterocycles. The highest BCUT2D eigenvalue weighted by molar-refractivity contribution is 6.28. The molecule has 2 fully saturated rings. The molecule has 1 aromatic rings. The van der Waals surface area contributed by atoms with Crippen LogP contribution in [0.5, 0.6) is 11.5 Å². The molecule has 6 atom stereocenters. The number of amides is 1. The van der Waals surface area contributed by atoms with Crippen LogP contribution in [0, 0.1) is 23.7 Å². The van der Waals surface area contributed by atoms with E-state index in [1.807, 2.05) is 6.92 Å². The number of ether oxygens (including phenoxy) is 1. The maximum atomic E-state index is 14.0. The lowest BCUT2D eigenvalue weighted by Crippen LogP contribution is -2.56. The van der Waals surface area contributed by atoms with Crippen molar-refractivity contribution in [3.8, 4) is 11.5 Å². The molecule has 11 heteroatoms. The Morgan fingerprint density at radius 3 is 2.62 bits per heavy atom. The molecule has 0 radical (unpaired) electrons. The molecule has 208 valence electrons. The van der Waals surface area contributed by atoms with Crippen molar-refractivity contribution in [2.75, 3.05) is 39.1 Å². The van der Waals surface area contributed by atoms with Gasteiger partial charge < -0.3 is 36.4 Å². The predicted octanol–water partition coefficient (Wildman–Crippen LogP) is 1.32. The molecular formula is C28H34N4O7. The number of phenolic OH excluding ortho intramolecular Hbond substituents is 1. The maximum absolute atomic E-state index is 14.0. The highest BCUT2D eigenvalue weighted by Crippen LogP contribution is 2.57. The van der Waals surface area contributed by atoms with E-state index < -0.39 is 52.6 Å². The van der Waals surface area contributed by atoms with Crippen LogP contribution in [0.15, 0.2) is 16.9 Å². The van der Waals surface area contributed by atoms with E-state index in [0.717, 1.165) is 18.5 Å². The van der Waals surface area contributed by atoms with Gasteiger partial charge >= 0.3 is 0 Å². The van der Waals surface area contributed by atoms with Gasteiger partial charge in [0.25, 0.3) is 5.91 Å². The van der Waals surface area contributed by atoms with Gasteiger partial charge in [-0.3, -0.25) is 19.3 Å². The number of anilines is 1. The number of Topliss-reactive ketones (excluding diaryl/α,β-unsaturated/α-hetero) is 2. The number of likely N-dealkylation sites (N-methyl/N-ethyl adjacent to an activating group) is 1. The Bertz CT molecular complexity index is 1380. The Hall–Kier alpha value is -3.57. The van der Waals surface area contributed by atoms with Gasteiger partial charge in [-0.05, 0) is 57.2 Å². The highest BCUT2D eigenvalue weighted by atomic mass is 16.5. The van der Waals surface area contributed by atoms with Crippen molar-refractivity contribution >= 4 is 28.9 Å². The number of ketones is 2. The van der Waals surface area contributed by atoms with Crippen molar-refractivity contribution in [1.82, 2.24) is 10.2 Å². The van der Waals surface area contributed by atoms with Crippen LogP contribution < -0.4 is 21.1 Å². The van der Waals surface area contributed by atoms with Crippen molar-refractivity contribution < 1.29 is 34.4 Å². The number of primary amides is 1. The van der Waals surface area contributed by atoms with Crippen LogP contribution in [-0.4, -0.2) is 77.5 Å². The lowest BCUT2D eigenvalue weighted by atomic mass is 9.59. The molecule has 6 rings (SSSR count). The Morgan fingerprint density at radius 1 is 1.21 bits per heavy atom. The number of benzene rings is 1. The molecule has 0 spiro atoms. The first-order valence-electron chi connectivity index (χ1n) is 13.5. The van der Waals surface area contributed by atoms with Crippen molar-refractivity contribution in [2.45, 2.75) is 38.3 Å². The Kier molecular flexibility index (Phi) is 5.92. The zero-order valence-corrected chi connectivity index (χ0v) is 22.2. The van der Waals surface area contributed by atoms with Gasteiger partial charge in [-0.15, -0.1) is 0 Å². The third kappa shape index (κ3) is 3.38. The molecule has 0 aromatic heterocycles. The molecule has 0 bridgehead atoms. The molecule has 5 aliphatic rings. The van der Waals surface area contributed by atoms with Gasteiger partial charge in [0.05, 0.1) is 30.3 Å². The molecule has 1 saturated carbocycles. The minimum absolute atomic E-state index is 0.00913. The summed E-state index contributed by atoms with van der Waals surface area (Å²) >= 11 is 0. The molecule has 1 amide bonds. The van der Waals surface area contributed by atoms with Gasteiger partial charge in [0.2, 0.25) is 0 Å². The van der Waals surface area contributed by atoms with E-state index in [-0.39, 0.29) is 28.7 Å². The number of allylic oxidation sites excluding steroid dienone is 1. The minimum Gasteiger partial charge on any atom is -0.510 e. The Balaban J connectivity index is 1.53. The van der Waals surface area contributed by atoms with Crippen LogP contribution in [0.4, 0.5) is 5.69 Å². The van der Waals surface area contributed by atoms with E-state index in [9.17, 15) is 29.7 Å². The molecule has 39 heavy (non-hydrogen) atoms. The molecule has 2 aliphatic heterocycles. The average Bonchev–Trinajstić information content (AvgIpc) is 3.37. The number of rotatable bonds is 4. The summed E-state index contributed by atoms with van der Waals surface area (Å²) in [5.74, 6) is -4.95. The van der Waals surface area contributed by atoms with Gasteiger partial charge in [-0.1, -0.05) is 6.92 Å². The smallest absolute Gasteiger partial charge is 0.255 e. The standard InChI is InChI=1S/C28H34N4O7/c1-4-32(2)21-12-7-11-8-13-16(23(34)14(11)22(33)15(12)24(35)18(26(21)37)28(29)38)25(36)20-17(27(13)39-3)19-10(9-31-20)5-6-30-19/h10-12,15,19,21,30-31,34,36-37H,4-9H2,1-3H3,(H2,29,38)/t10?,11-,12-,15?,19?,21+/m1/s1. The lowest BCUT2D eigenvalue weighted by molar-refractivity contribution is -0.137. The summed E-state index contributed by atoms with van der Waals surface area (Å²) in [4.78, 5) is 41.4. The van der Waals surface area contributed by atoms with E-state index >= 15 is 0 Å². The Labute approximate surface area is 225 Å². The minimum atomic E-state index is -1.28. The summed E-state index contributed by atoms with van der Waals surface area (Å²) in [6.45, 7) is 3.85. The van der Waals surface area contributed by atoms with Crippen LogP contribution >= 0.6 is 0 Å². The zero-order chi connectivity index (χ0) is 27.9. The largest absolute Gasteiger partial charge is 0.510 e. The van der Waals surface area contributed by atoms with Crippen LogP contribution in [-0.2, 0) is 20.8 Å². The number of carbonyl (C=O) groups excluding carboxylic acids is 3. The number of carbonyl (C=O) groups is 3. The fourth-order valence-electron chi connectivity index (χ4n) is 7.75. The molecule has 3 aliphatic carbocycles. The SMILES string of the molecule is CCN(C)[C@@H]1C(O)=C(C(N)=O)C(=O)C2C(=O)C3=C(O)c4c(O)c5c(c(OC)c4C[C@H]3C[C@H]21)C1NCCC1CN5. The quantitative estimate of drug-likeness (QED) is 0.186. The molecule has 11 nitrogen and oxygen atoms in total. The Morgan fingerprint density at radius 2 is 1.95 bits per heavy atom. The first-order valence-corrected chi connectivity index (χ1v) is 13.5. The third-order valence-electron chi connectivity index (χ3n) is 9.54. The first-order chi connectivity index (χ1) is 18.6. The van der Waals surface area contributed by atoms with Crippen molar-refractivity contribution in [3.05, 3.63) is 33.6 Å². The van der Waals surface area contributed by atoms with E-state index in [1.165, 1.54) is 0 Å². The molecule has 1 saturated heterocycles. The summed E-state index contributed by atoms with van der Waals surface area (Å²) in [5, 5.41) is 40.8. The second-order valence-corrected chi connectivity index (χ2v) is 11.3. The number of aromatic hydroxyl groups is 1. The van der Waals surface area contributed by atoms with Gasteiger partial charge in [-0.25, -0.2) is 0 Å². The number of hydrogen-bond donors (Lipinski definition) is 6. The summed E-state index contributed by atoms with van der Waals surface area (Å²) in [5.41, 5.74) is 7.00.